The fourth-order valence-electron chi connectivity index (χ4n) is 3.96. The van der Waals surface area contributed by atoms with Crippen molar-refractivity contribution in [1.82, 2.24) is 4.90 Å². The van der Waals surface area contributed by atoms with Crippen LogP contribution in [0.5, 0.6) is 0 Å². The van der Waals surface area contributed by atoms with E-state index in [0.29, 0.717) is 31.8 Å². The maximum Gasteiger partial charge on any atom is 0.248 e. The molecule has 2 saturated carbocycles. The Kier molecular flexibility index (Phi) is 3.97. The van der Waals surface area contributed by atoms with E-state index in [-0.39, 0.29) is 30.2 Å². The molecule has 0 spiro atoms. The minimum atomic E-state index is -0.701. The SMILES string of the molecule is NC(=O)C1CN(C(=O)C2CC3CCCC(C2)C3=O)CCO1. The molecule has 0 radical (unpaired) electrons. The van der Waals surface area contributed by atoms with Gasteiger partial charge in [0.15, 0.2) is 6.10 Å². The number of carbonyl (C=O) groups excluding carboxylic acids is 3. The maximum atomic E-state index is 12.7. The van der Waals surface area contributed by atoms with E-state index in [0.717, 1.165) is 19.3 Å². The van der Waals surface area contributed by atoms with Crippen molar-refractivity contribution in [2.45, 2.75) is 38.2 Å². The molecule has 0 aromatic carbocycles. The molecule has 1 saturated heterocycles. The smallest absolute Gasteiger partial charge is 0.248 e. The average molecular weight is 294 g/mol. The molecule has 116 valence electrons. The molecule has 6 nitrogen and oxygen atoms in total. The van der Waals surface area contributed by atoms with E-state index in [1.807, 2.05) is 0 Å². The van der Waals surface area contributed by atoms with Crippen LogP contribution < -0.4 is 5.73 Å². The highest BCUT2D eigenvalue weighted by atomic mass is 16.5. The summed E-state index contributed by atoms with van der Waals surface area (Å²) in [7, 11) is 0. The van der Waals surface area contributed by atoms with Crippen molar-refractivity contribution in [3.63, 3.8) is 0 Å². The highest BCUT2D eigenvalue weighted by Crippen LogP contribution is 2.40. The normalized spacial score (nSPS) is 36.4. The fourth-order valence-corrected chi connectivity index (χ4v) is 3.96. The first kappa shape index (κ1) is 14.5. The number of ketones is 1. The zero-order chi connectivity index (χ0) is 15.0. The molecule has 2 aliphatic carbocycles. The van der Waals surface area contributed by atoms with Crippen LogP contribution in [0.15, 0.2) is 0 Å². The molecule has 1 heterocycles. The van der Waals surface area contributed by atoms with Gasteiger partial charge in [-0.15, -0.1) is 0 Å². The molecule has 3 aliphatic rings. The van der Waals surface area contributed by atoms with E-state index in [1.165, 1.54) is 0 Å². The second-order valence-corrected chi connectivity index (χ2v) is 6.44. The lowest BCUT2D eigenvalue weighted by molar-refractivity contribution is -0.151. The summed E-state index contributed by atoms with van der Waals surface area (Å²) in [5.41, 5.74) is 5.25. The first-order valence-electron chi connectivity index (χ1n) is 7.79. The molecule has 3 fully saturated rings. The number of hydrogen-bond acceptors (Lipinski definition) is 4. The van der Waals surface area contributed by atoms with Gasteiger partial charge in [0.1, 0.15) is 5.78 Å². The van der Waals surface area contributed by atoms with Crippen LogP contribution in [0.25, 0.3) is 0 Å². The Hall–Kier alpha value is -1.43. The van der Waals surface area contributed by atoms with Crippen molar-refractivity contribution >= 4 is 17.6 Å². The summed E-state index contributed by atoms with van der Waals surface area (Å²) in [4.78, 5) is 37.7. The van der Waals surface area contributed by atoms with Gasteiger partial charge in [-0.1, -0.05) is 6.42 Å². The van der Waals surface area contributed by atoms with Crippen LogP contribution in [0.1, 0.15) is 32.1 Å². The van der Waals surface area contributed by atoms with Gasteiger partial charge in [0.2, 0.25) is 11.8 Å². The van der Waals surface area contributed by atoms with E-state index >= 15 is 0 Å². The molecule has 3 atom stereocenters. The molecule has 3 rings (SSSR count). The predicted molar refractivity (Wildman–Crippen MR) is 74.1 cm³/mol. The van der Waals surface area contributed by atoms with Crippen LogP contribution in [-0.4, -0.2) is 48.3 Å². The Balaban J connectivity index is 1.65. The van der Waals surface area contributed by atoms with Crippen LogP contribution in [0.3, 0.4) is 0 Å². The van der Waals surface area contributed by atoms with E-state index in [2.05, 4.69) is 0 Å². The Morgan fingerprint density at radius 3 is 2.48 bits per heavy atom. The molecule has 1 aliphatic heterocycles. The predicted octanol–water partition coefficient (Wildman–Crippen LogP) is 0.0945. The van der Waals surface area contributed by atoms with Crippen LogP contribution in [0.2, 0.25) is 0 Å². The number of morpholine rings is 1. The third-order valence-corrected chi connectivity index (χ3v) is 5.09. The van der Waals surface area contributed by atoms with E-state index in [1.54, 1.807) is 4.90 Å². The van der Waals surface area contributed by atoms with Crippen molar-refractivity contribution in [2.24, 2.45) is 23.5 Å². The molecule has 3 unspecified atom stereocenters. The molecule has 0 aromatic heterocycles. The van der Waals surface area contributed by atoms with Gasteiger partial charge in [0.05, 0.1) is 13.2 Å². The lowest BCUT2D eigenvalue weighted by Crippen LogP contribution is -2.53. The molecule has 21 heavy (non-hydrogen) atoms. The third kappa shape index (κ3) is 2.81. The lowest BCUT2D eigenvalue weighted by atomic mass is 9.67. The van der Waals surface area contributed by atoms with Crippen molar-refractivity contribution in [1.29, 1.82) is 0 Å². The maximum absolute atomic E-state index is 12.7. The minimum absolute atomic E-state index is 0.0638. The van der Waals surface area contributed by atoms with Crippen molar-refractivity contribution in [2.75, 3.05) is 19.7 Å². The van der Waals surface area contributed by atoms with Gasteiger partial charge in [-0.3, -0.25) is 14.4 Å². The van der Waals surface area contributed by atoms with Crippen molar-refractivity contribution < 1.29 is 19.1 Å². The number of Topliss-reactive ketones (excluding diaryl/α,β-unsaturated/α-hetero) is 1. The minimum Gasteiger partial charge on any atom is -0.367 e. The number of rotatable bonds is 2. The van der Waals surface area contributed by atoms with Gasteiger partial charge < -0.3 is 15.4 Å². The Bertz CT molecular complexity index is 449. The van der Waals surface area contributed by atoms with E-state index in [4.69, 9.17) is 10.5 Å². The second-order valence-electron chi connectivity index (χ2n) is 6.44. The summed E-state index contributed by atoms with van der Waals surface area (Å²) in [5, 5.41) is 0. The van der Waals surface area contributed by atoms with Gasteiger partial charge in [0, 0.05) is 24.3 Å². The van der Waals surface area contributed by atoms with Crippen LogP contribution in [0, 0.1) is 17.8 Å². The van der Waals surface area contributed by atoms with Gasteiger partial charge in [-0.25, -0.2) is 0 Å². The number of nitrogens with two attached hydrogens (primary N) is 1. The lowest BCUT2D eigenvalue weighted by Gasteiger charge is -2.40. The Morgan fingerprint density at radius 2 is 1.86 bits per heavy atom. The zero-order valence-corrected chi connectivity index (χ0v) is 12.1. The van der Waals surface area contributed by atoms with Crippen molar-refractivity contribution in [3.8, 4) is 0 Å². The van der Waals surface area contributed by atoms with Crippen LogP contribution in [0.4, 0.5) is 0 Å². The molecular formula is C15H22N2O4. The summed E-state index contributed by atoms with van der Waals surface area (Å²) < 4.78 is 5.28. The number of primary amides is 1. The number of carbonyl (C=O) groups is 3. The summed E-state index contributed by atoms with van der Waals surface area (Å²) in [6.45, 7) is 1.09. The van der Waals surface area contributed by atoms with Gasteiger partial charge in [0.25, 0.3) is 0 Å². The number of ether oxygens (including phenoxy) is 1. The molecule has 0 aromatic rings. The fraction of sp³-hybridized carbons (Fsp3) is 0.800. The molecular weight excluding hydrogens is 272 g/mol. The summed E-state index contributed by atoms with van der Waals surface area (Å²) >= 11 is 0. The average Bonchev–Trinajstić information content (AvgIpc) is 2.46. The van der Waals surface area contributed by atoms with Gasteiger partial charge in [-0.2, -0.15) is 0 Å². The number of nitrogens with zero attached hydrogens (tertiary/aromatic N) is 1. The van der Waals surface area contributed by atoms with E-state index < -0.39 is 12.0 Å². The standard InChI is InChI=1S/C15H22N2O4/c16-14(19)12-8-17(4-5-21-12)15(20)11-6-9-2-1-3-10(7-11)13(9)18/h9-12H,1-8H2,(H2,16,19). The first-order chi connectivity index (χ1) is 10.1. The molecule has 2 N–H and O–H groups in total. The van der Waals surface area contributed by atoms with E-state index in [9.17, 15) is 14.4 Å². The highest BCUT2D eigenvalue weighted by Gasteiger charge is 2.43. The number of fused-ring (bicyclic) bond motifs is 2. The summed E-state index contributed by atoms with van der Waals surface area (Å²) in [6.07, 6.45) is 3.59. The Morgan fingerprint density at radius 1 is 1.19 bits per heavy atom. The highest BCUT2D eigenvalue weighted by molar-refractivity contribution is 5.89. The third-order valence-electron chi connectivity index (χ3n) is 5.09. The summed E-state index contributed by atoms with van der Waals surface area (Å²) in [6, 6.07) is 0. The number of hydrogen-bond donors (Lipinski definition) is 1. The molecule has 6 heteroatoms. The number of amides is 2. The zero-order valence-electron chi connectivity index (χ0n) is 12.1. The molecule has 2 amide bonds. The topological polar surface area (TPSA) is 89.7 Å². The summed E-state index contributed by atoms with van der Waals surface area (Å²) in [5.74, 6) is -0.0390. The quantitative estimate of drug-likeness (QED) is 0.782. The largest absolute Gasteiger partial charge is 0.367 e. The molecule has 2 bridgehead atoms. The monoisotopic (exact) mass is 294 g/mol. The van der Waals surface area contributed by atoms with Crippen LogP contribution in [-0.2, 0) is 19.1 Å². The Labute approximate surface area is 124 Å². The second kappa shape index (κ2) is 5.75. The first-order valence-corrected chi connectivity index (χ1v) is 7.79. The van der Waals surface area contributed by atoms with Crippen LogP contribution >= 0.6 is 0 Å². The van der Waals surface area contributed by atoms with Crippen molar-refractivity contribution in [3.05, 3.63) is 0 Å². The van der Waals surface area contributed by atoms with Gasteiger partial charge in [-0.05, 0) is 25.7 Å². The van der Waals surface area contributed by atoms with Gasteiger partial charge >= 0.3 is 0 Å².